The maximum absolute atomic E-state index is 5.58. The molecule has 6 rings (SSSR count). The van der Waals surface area contributed by atoms with Gasteiger partial charge in [-0.3, -0.25) is 10.00 Å². The smallest absolute Gasteiger partial charge is 0.161 e. The number of piperidine rings is 2. The van der Waals surface area contributed by atoms with E-state index in [1.54, 1.807) is 14.2 Å². The number of aryl methyl sites for hydroxylation is 2. The maximum atomic E-state index is 5.58. The van der Waals surface area contributed by atoms with Gasteiger partial charge in [-0.05, 0) is 106 Å². The highest BCUT2D eigenvalue weighted by atomic mass is 16.5. The summed E-state index contributed by atoms with van der Waals surface area (Å²) in [6, 6.07) is 16.2. The SMILES string of the molecule is CCc1c(-c2ccc(OC)c(OC)c2)[nH]c2ccc(C3CCN(C4CCN(Cc5cc(C)n[nH]5)CC4)CC3)cc12. The Labute approximate surface area is 237 Å². The number of fused-ring (bicyclic) bond motifs is 1. The molecular weight excluding hydrogens is 498 g/mol. The fourth-order valence-corrected chi connectivity index (χ4v) is 6.96. The normalized spacial score (nSPS) is 18.0. The van der Waals surface area contributed by atoms with Crippen molar-refractivity contribution in [2.45, 2.75) is 64.5 Å². The van der Waals surface area contributed by atoms with E-state index < -0.39 is 0 Å². The van der Waals surface area contributed by atoms with Crippen LogP contribution in [0.25, 0.3) is 22.2 Å². The Kier molecular flexibility index (Phi) is 7.85. The molecule has 4 aromatic rings. The lowest BCUT2D eigenvalue weighted by Gasteiger charge is -2.42. The molecule has 2 aliphatic rings. The molecule has 7 heteroatoms. The predicted molar refractivity (Wildman–Crippen MR) is 161 cm³/mol. The molecule has 2 aromatic heterocycles. The van der Waals surface area contributed by atoms with Crippen molar-refractivity contribution in [3.05, 3.63) is 65.0 Å². The van der Waals surface area contributed by atoms with Crippen LogP contribution in [0.5, 0.6) is 11.5 Å². The molecule has 7 nitrogen and oxygen atoms in total. The molecule has 2 saturated heterocycles. The van der Waals surface area contributed by atoms with Gasteiger partial charge in [-0.15, -0.1) is 0 Å². The highest BCUT2D eigenvalue weighted by Gasteiger charge is 2.29. The first-order valence-corrected chi connectivity index (χ1v) is 14.9. The topological polar surface area (TPSA) is 69.4 Å². The zero-order valence-corrected chi connectivity index (χ0v) is 24.4. The summed E-state index contributed by atoms with van der Waals surface area (Å²) < 4.78 is 11.0. The molecule has 4 heterocycles. The third kappa shape index (κ3) is 5.37. The highest BCUT2D eigenvalue weighted by Crippen LogP contribution is 2.38. The summed E-state index contributed by atoms with van der Waals surface area (Å²) in [5.74, 6) is 2.14. The second-order valence-corrected chi connectivity index (χ2v) is 11.6. The quantitative estimate of drug-likeness (QED) is 0.274. The minimum Gasteiger partial charge on any atom is -0.493 e. The van der Waals surface area contributed by atoms with Crippen LogP contribution in [0.15, 0.2) is 42.5 Å². The van der Waals surface area contributed by atoms with Crippen molar-refractivity contribution in [1.82, 2.24) is 25.0 Å². The maximum Gasteiger partial charge on any atom is 0.161 e. The third-order valence-corrected chi connectivity index (χ3v) is 9.18. The van der Waals surface area contributed by atoms with Gasteiger partial charge in [0.05, 0.1) is 19.9 Å². The van der Waals surface area contributed by atoms with Gasteiger partial charge in [-0.1, -0.05) is 13.0 Å². The van der Waals surface area contributed by atoms with Gasteiger partial charge in [0.1, 0.15) is 0 Å². The Hall–Kier alpha value is -3.29. The molecule has 0 amide bonds. The number of hydrogen-bond acceptors (Lipinski definition) is 5. The third-order valence-electron chi connectivity index (χ3n) is 9.18. The van der Waals surface area contributed by atoms with Gasteiger partial charge >= 0.3 is 0 Å². The van der Waals surface area contributed by atoms with E-state index in [9.17, 15) is 0 Å². The number of benzene rings is 2. The largest absolute Gasteiger partial charge is 0.493 e. The van der Waals surface area contributed by atoms with Crippen LogP contribution in [0.2, 0.25) is 0 Å². The van der Waals surface area contributed by atoms with Gasteiger partial charge in [-0.2, -0.15) is 5.10 Å². The van der Waals surface area contributed by atoms with E-state index in [0.717, 1.165) is 41.8 Å². The molecule has 0 aliphatic carbocycles. The van der Waals surface area contributed by atoms with Crippen LogP contribution in [0.1, 0.15) is 61.0 Å². The number of likely N-dealkylation sites (tertiary alicyclic amines) is 2. The Bertz CT molecular complexity index is 1440. The molecule has 2 aliphatic heterocycles. The molecule has 0 spiro atoms. The van der Waals surface area contributed by atoms with Gasteiger partial charge < -0.3 is 19.4 Å². The minimum absolute atomic E-state index is 0.633. The molecule has 0 unspecified atom stereocenters. The zero-order valence-electron chi connectivity index (χ0n) is 24.4. The predicted octanol–water partition coefficient (Wildman–Crippen LogP) is 6.29. The van der Waals surface area contributed by atoms with Crippen molar-refractivity contribution in [2.75, 3.05) is 40.4 Å². The summed E-state index contributed by atoms with van der Waals surface area (Å²) in [5, 5.41) is 8.81. The van der Waals surface area contributed by atoms with E-state index in [2.05, 4.69) is 68.3 Å². The second kappa shape index (κ2) is 11.7. The summed E-state index contributed by atoms with van der Waals surface area (Å²) in [6.45, 7) is 10.1. The number of nitrogens with one attached hydrogen (secondary N) is 2. The number of rotatable bonds is 8. The highest BCUT2D eigenvalue weighted by molar-refractivity contribution is 5.91. The molecule has 0 atom stereocenters. The van der Waals surface area contributed by atoms with Crippen LogP contribution in [0.3, 0.4) is 0 Å². The Morgan fingerprint density at radius 3 is 2.35 bits per heavy atom. The van der Waals surface area contributed by atoms with Crippen molar-refractivity contribution in [3.63, 3.8) is 0 Å². The number of aromatic amines is 2. The van der Waals surface area contributed by atoms with Gasteiger partial charge in [0.2, 0.25) is 0 Å². The van der Waals surface area contributed by atoms with E-state index in [0.29, 0.717) is 5.92 Å². The summed E-state index contributed by atoms with van der Waals surface area (Å²) >= 11 is 0. The van der Waals surface area contributed by atoms with Crippen molar-refractivity contribution in [2.24, 2.45) is 0 Å². The second-order valence-electron chi connectivity index (χ2n) is 11.6. The first kappa shape index (κ1) is 26.9. The monoisotopic (exact) mass is 541 g/mol. The number of ether oxygens (including phenoxy) is 2. The molecule has 2 fully saturated rings. The number of hydrogen-bond donors (Lipinski definition) is 2. The number of aromatic nitrogens is 3. The van der Waals surface area contributed by atoms with Crippen LogP contribution in [0.4, 0.5) is 0 Å². The van der Waals surface area contributed by atoms with E-state index in [-0.39, 0.29) is 0 Å². The van der Waals surface area contributed by atoms with E-state index in [1.807, 2.05) is 13.0 Å². The van der Waals surface area contributed by atoms with Gasteiger partial charge in [0.15, 0.2) is 11.5 Å². The fourth-order valence-electron chi connectivity index (χ4n) is 6.96. The van der Waals surface area contributed by atoms with Crippen LogP contribution < -0.4 is 9.47 Å². The minimum atomic E-state index is 0.633. The molecular formula is C33H43N5O2. The van der Waals surface area contributed by atoms with E-state index in [1.165, 1.54) is 85.3 Å². The van der Waals surface area contributed by atoms with Crippen LogP contribution >= 0.6 is 0 Å². The standard InChI is InChI=1S/C33H43N5O2/c1-5-28-29-19-24(6-8-30(29)34-33(28)25-7-9-31(39-3)32(20-25)40-4)23-10-16-38(17-11-23)27-12-14-37(15-13-27)21-26-18-22(2)35-36-26/h6-9,18-20,23,27,34H,5,10-17,21H2,1-4H3,(H,35,36). The van der Waals surface area contributed by atoms with Gasteiger partial charge in [-0.25, -0.2) is 0 Å². The summed E-state index contributed by atoms with van der Waals surface area (Å²) in [4.78, 5) is 9.05. The lowest BCUT2D eigenvalue weighted by Crippen LogP contribution is -2.47. The first-order valence-electron chi connectivity index (χ1n) is 14.9. The molecule has 212 valence electrons. The average molecular weight is 542 g/mol. The molecule has 0 bridgehead atoms. The average Bonchev–Trinajstić information content (AvgIpc) is 3.59. The van der Waals surface area contributed by atoms with Crippen molar-refractivity contribution >= 4 is 10.9 Å². The lowest BCUT2D eigenvalue weighted by atomic mass is 9.87. The van der Waals surface area contributed by atoms with Crippen molar-refractivity contribution in [3.8, 4) is 22.8 Å². The molecule has 0 radical (unpaired) electrons. The van der Waals surface area contributed by atoms with Crippen molar-refractivity contribution < 1.29 is 9.47 Å². The first-order chi connectivity index (χ1) is 19.6. The van der Waals surface area contributed by atoms with E-state index >= 15 is 0 Å². The summed E-state index contributed by atoms with van der Waals surface area (Å²) in [7, 11) is 3.37. The van der Waals surface area contributed by atoms with Crippen molar-refractivity contribution in [1.29, 1.82) is 0 Å². The van der Waals surface area contributed by atoms with Crippen LogP contribution in [-0.2, 0) is 13.0 Å². The van der Waals surface area contributed by atoms with Gasteiger partial charge in [0, 0.05) is 53.5 Å². The van der Waals surface area contributed by atoms with Crippen LogP contribution in [0, 0.1) is 6.92 Å². The molecule has 2 aromatic carbocycles. The Morgan fingerprint density at radius 1 is 0.900 bits per heavy atom. The number of H-pyrrole nitrogens is 2. The van der Waals surface area contributed by atoms with Gasteiger partial charge in [0.25, 0.3) is 0 Å². The lowest BCUT2D eigenvalue weighted by molar-refractivity contribution is 0.0841. The molecule has 2 N–H and O–H groups in total. The zero-order chi connectivity index (χ0) is 27.6. The van der Waals surface area contributed by atoms with E-state index in [4.69, 9.17) is 9.47 Å². The molecule has 40 heavy (non-hydrogen) atoms. The number of nitrogens with zero attached hydrogens (tertiary/aromatic N) is 3. The Morgan fingerprint density at radius 2 is 1.68 bits per heavy atom. The fraction of sp³-hybridized carbons (Fsp3) is 0.485. The summed E-state index contributed by atoms with van der Waals surface area (Å²) in [5.41, 5.74) is 8.69. The Balaban J connectivity index is 1.11. The summed E-state index contributed by atoms with van der Waals surface area (Å²) in [6.07, 6.45) is 6.00. The number of methoxy groups -OCH3 is 2. The van der Waals surface area contributed by atoms with Crippen LogP contribution in [-0.4, -0.2) is 71.4 Å². The molecule has 0 saturated carbocycles.